The Balaban J connectivity index is 1.73. The van der Waals surface area contributed by atoms with E-state index in [0.717, 1.165) is 29.9 Å². The predicted molar refractivity (Wildman–Crippen MR) is 84.4 cm³/mol. The molecule has 0 spiro atoms. The number of methoxy groups -OCH3 is 1. The molecule has 1 aliphatic rings. The van der Waals surface area contributed by atoms with Crippen LogP contribution in [-0.4, -0.2) is 41.3 Å². The van der Waals surface area contributed by atoms with E-state index in [1.807, 2.05) is 35.9 Å². The number of carbonyl (C=O) groups excluding carboxylic acids is 1. The smallest absolute Gasteiger partial charge is 0.252 e. The zero-order valence-electron chi connectivity index (χ0n) is 13.1. The number of piperidine rings is 1. The van der Waals surface area contributed by atoms with Crippen LogP contribution in [0.15, 0.2) is 24.3 Å². The molecule has 2 heterocycles. The number of amides is 1. The number of ether oxygens (including phenoxy) is 1. The van der Waals surface area contributed by atoms with Gasteiger partial charge in [-0.15, -0.1) is 0 Å². The van der Waals surface area contributed by atoms with Crippen molar-refractivity contribution in [3.05, 3.63) is 30.1 Å². The second kappa shape index (κ2) is 6.06. The maximum absolute atomic E-state index is 12.5. The van der Waals surface area contributed by atoms with Crippen molar-refractivity contribution in [2.75, 3.05) is 20.2 Å². The van der Waals surface area contributed by atoms with Crippen molar-refractivity contribution < 1.29 is 9.53 Å². The molecule has 3 rings (SSSR count). The summed E-state index contributed by atoms with van der Waals surface area (Å²) in [6, 6.07) is 7.95. The number of fused-ring (bicyclic) bond motifs is 1. The van der Waals surface area contributed by atoms with Gasteiger partial charge in [0.1, 0.15) is 11.4 Å². The molecule has 1 saturated heterocycles. The Labute approximate surface area is 129 Å². The lowest BCUT2D eigenvalue weighted by Crippen LogP contribution is -2.54. The lowest BCUT2D eigenvalue weighted by Gasteiger charge is -2.34. The number of hydrogen-bond donors (Lipinski definition) is 2. The van der Waals surface area contributed by atoms with E-state index in [4.69, 9.17) is 4.74 Å². The van der Waals surface area contributed by atoms with E-state index in [1.54, 1.807) is 7.11 Å². The molecule has 1 aromatic carbocycles. The number of nitrogens with zero attached hydrogens (tertiary/aromatic N) is 2. The second-order valence-electron chi connectivity index (χ2n) is 5.71. The van der Waals surface area contributed by atoms with Gasteiger partial charge in [-0.3, -0.25) is 4.79 Å². The molecule has 22 heavy (non-hydrogen) atoms. The van der Waals surface area contributed by atoms with Crippen molar-refractivity contribution in [3.8, 4) is 0 Å². The van der Waals surface area contributed by atoms with Crippen LogP contribution in [0.2, 0.25) is 0 Å². The Hall–Kier alpha value is -1.92. The number of benzene rings is 1. The summed E-state index contributed by atoms with van der Waals surface area (Å²) >= 11 is 0. The highest BCUT2D eigenvalue weighted by molar-refractivity contribution is 5.85. The third-order valence-electron chi connectivity index (χ3n) is 4.50. The van der Waals surface area contributed by atoms with Gasteiger partial charge in [-0.1, -0.05) is 12.1 Å². The summed E-state index contributed by atoms with van der Waals surface area (Å²) in [5, 5.41) is 6.24. The number of para-hydroxylation sites is 2. The fourth-order valence-corrected chi connectivity index (χ4v) is 3.03. The van der Waals surface area contributed by atoms with Gasteiger partial charge in [-0.25, -0.2) is 4.98 Å². The van der Waals surface area contributed by atoms with Crippen molar-refractivity contribution in [1.82, 2.24) is 20.2 Å². The molecule has 2 aromatic rings. The van der Waals surface area contributed by atoms with Gasteiger partial charge < -0.3 is 19.9 Å². The zero-order chi connectivity index (χ0) is 15.6. The summed E-state index contributed by atoms with van der Waals surface area (Å²) in [6.45, 7) is 2.00. The summed E-state index contributed by atoms with van der Waals surface area (Å²) in [5.74, 6) is 0.790. The van der Waals surface area contributed by atoms with Crippen LogP contribution in [0, 0.1) is 0 Å². The molecule has 0 aliphatic carbocycles. The molecule has 0 bridgehead atoms. The van der Waals surface area contributed by atoms with Gasteiger partial charge in [-0.2, -0.15) is 0 Å². The van der Waals surface area contributed by atoms with E-state index >= 15 is 0 Å². The highest BCUT2D eigenvalue weighted by Gasteiger charge is 2.39. The molecule has 118 valence electrons. The molecule has 0 radical (unpaired) electrons. The van der Waals surface area contributed by atoms with E-state index in [1.165, 1.54) is 0 Å². The quantitative estimate of drug-likeness (QED) is 0.883. The number of nitrogens with one attached hydrogen (secondary N) is 2. The summed E-state index contributed by atoms with van der Waals surface area (Å²) in [6.07, 6.45) is 1.38. The van der Waals surface area contributed by atoms with Crippen LogP contribution in [0.25, 0.3) is 11.0 Å². The van der Waals surface area contributed by atoms with E-state index in [0.29, 0.717) is 19.4 Å². The van der Waals surface area contributed by atoms with Gasteiger partial charge >= 0.3 is 0 Å². The average molecular weight is 302 g/mol. The standard InChI is InChI=1S/C16H22N4O2/c1-20-13-6-4-3-5-12(13)19-14(20)11-18-15(21)16(22-2)7-9-17-10-8-16/h3-6,17H,7-11H2,1-2H3,(H,18,21). The van der Waals surface area contributed by atoms with E-state index in [2.05, 4.69) is 15.6 Å². The number of carbonyl (C=O) groups is 1. The van der Waals surface area contributed by atoms with Crippen LogP contribution < -0.4 is 10.6 Å². The van der Waals surface area contributed by atoms with Crippen LogP contribution in [0.4, 0.5) is 0 Å². The molecule has 1 aromatic heterocycles. The van der Waals surface area contributed by atoms with Gasteiger partial charge in [0.15, 0.2) is 0 Å². The van der Waals surface area contributed by atoms with Gasteiger partial charge in [0.2, 0.25) is 0 Å². The fraction of sp³-hybridized carbons (Fsp3) is 0.500. The Bertz CT molecular complexity index is 674. The molecule has 1 aliphatic heterocycles. The highest BCUT2D eigenvalue weighted by atomic mass is 16.5. The van der Waals surface area contributed by atoms with E-state index in [-0.39, 0.29) is 5.91 Å². The van der Waals surface area contributed by atoms with Crippen molar-refractivity contribution in [1.29, 1.82) is 0 Å². The van der Waals surface area contributed by atoms with E-state index < -0.39 is 5.60 Å². The van der Waals surface area contributed by atoms with E-state index in [9.17, 15) is 4.79 Å². The van der Waals surface area contributed by atoms with Crippen LogP contribution in [0.1, 0.15) is 18.7 Å². The Morgan fingerprint density at radius 2 is 2.14 bits per heavy atom. The highest BCUT2D eigenvalue weighted by Crippen LogP contribution is 2.23. The van der Waals surface area contributed by atoms with Gasteiger partial charge in [0, 0.05) is 14.2 Å². The van der Waals surface area contributed by atoms with Gasteiger partial charge in [0.25, 0.3) is 5.91 Å². The van der Waals surface area contributed by atoms with Crippen molar-refractivity contribution >= 4 is 16.9 Å². The van der Waals surface area contributed by atoms with Crippen LogP contribution in [0.5, 0.6) is 0 Å². The first-order chi connectivity index (χ1) is 10.7. The monoisotopic (exact) mass is 302 g/mol. The minimum Gasteiger partial charge on any atom is -0.368 e. The fourth-order valence-electron chi connectivity index (χ4n) is 3.03. The van der Waals surface area contributed by atoms with Gasteiger partial charge in [0.05, 0.1) is 17.6 Å². The average Bonchev–Trinajstić information content (AvgIpc) is 2.90. The Morgan fingerprint density at radius 3 is 2.82 bits per heavy atom. The number of aryl methyl sites for hydroxylation is 1. The normalized spacial score (nSPS) is 17.5. The van der Waals surface area contributed by atoms with Crippen LogP contribution in [-0.2, 0) is 23.1 Å². The molecule has 1 fully saturated rings. The maximum atomic E-state index is 12.5. The number of aromatic nitrogens is 2. The third kappa shape index (κ3) is 2.60. The van der Waals surface area contributed by atoms with Crippen LogP contribution in [0.3, 0.4) is 0 Å². The first kappa shape index (κ1) is 15.0. The van der Waals surface area contributed by atoms with Crippen molar-refractivity contribution in [2.45, 2.75) is 25.0 Å². The number of imidazole rings is 1. The molecule has 0 saturated carbocycles. The molecule has 1 amide bonds. The van der Waals surface area contributed by atoms with Crippen molar-refractivity contribution in [3.63, 3.8) is 0 Å². The Kier molecular flexibility index (Phi) is 4.13. The minimum absolute atomic E-state index is 0.0523. The first-order valence-corrected chi connectivity index (χ1v) is 7.61. The molecular weight excluding hydrogens is 280 g/mol. The molecule has 0 atom stereocenters. The topological polar surface area (TPSA) is 68.2 Å². The van der Waals surface area contributed by atoms with Crippen LogP contribution >= 0.6 is 0 Å². The summed E-state index contributed by atoms with van der Waals surface area (Å²) in [5.41, 5.74) is 1.29. The number of rotatable bonds is 4. The van der Waals surface area contributed by atoms with Crippen molar-refractivity contribution in [2.24, 2.45) is 7.05 Å². The third-order valence-corrected chi connectivity index (χ3v) is 4.50. The molecule has 0 unspecified atom stereocenters. The lowest BCUT2D eigenvalue weighted by atomic mass is 9.91. The molecule has 6 nitrogen and oxygen atoms in total. The SMILES string of the molecule is COC1(C(=O)NCc2nc3ccccc3n2C)CCNCC1. The predicted octanol–water partition coefficient (Wildman–Crippen LogP) is 0.958. The zero-order valence-corrected chi connectivity index (χ0v) is 13.1. The number of hydrogen-bond acceptors (Lipinski definition) is 4. The molecule has 6 heteroatoms. The lowest BCUT2D eigenvalue weighted by molar-refractivity contribution is -0.146. The Morgan fingerprint density at radius 1 is 1.41 bits per heavy atom. The second-order valence-corrected chi connectivity index (χ2v) is 5.71. The molecule has 2 N–H and O–H groups in total. The summed E-state index contributed by atoms with van der Waals surface area (Å²) in [7, 11) is 3.58. The molecular formula is C16H22N4O2. The maximum Gasteiger partial charge on any atom is 0.252 e. The first-order valence-electron chi connectivity index (χ1n) is 7.61. The largest absolute Gasteiger partial charge is 0.368 e. The minimum atomic E-state index is -0.712. The summed E-state index contributed by atoms with van der Waals surface area (Å²) in [4.78, 5) is 17.1. The summed E-state index contributed by atoms with van der Waals surface area (Å²) < 4.78 is 7.55. The van der Waals surface area contributed by atoms with Gasteiger partial charge in [-0.05, 0) is 38.1 Å².